The molecule has 33 heavy (non-hydrogen) atoms. The number of amides is 1. The second kappa shape index (κ2) is 11.2. The second-order valence-electron chi connectivity index (χ2n) is 8.94. The lowest BCUT2D eigenvalue weighted by Crippen LogP contribution is -2.56. The second-order valence-corrected chi connectivity index (χ2v) is 10.2. The highest BCUT2D eigenvalue weighted by atomic mass is 32.1. The summed E-state index contributed by atoms with van der Waals surface area (Å²) in [6, 6.07) is 9.56. The molecule has 1 aliphatic heterocycles. The molecule has 0 bridgehead atoms. The third-order valence-corrected chi connectivity index (χ3v) is 6.53. The standard InChI is InChI=1S/C23H32BN3O5S/c1-15(2)10-21(24(29)30)26-22(28)23(11-18-8-6-5-7-9-18)12-19(27-32-23)13-31-14-20-16(3)25-17(4)33-20/h5-9,15,21,29-30H,10-14H2,1-4H3,(H,26,28)/t21-,23?/m0/s1. The van der Waals surface area contributed by atoms with Crippen LogP contribution in [0, 0.1) is 19.8 Å². The zero-order chi connectivity index (χ0) is 24.0. The van der Waals surface area contributed by atoms with Crippen LogP contribution in [-0.2, 0) is 27.4 Å². The van der Waals surface area contributed by atoms with Gasteiger partial charge in [0.25, 0.3) is 5.91 Å². The number of carbonyl (C=O) groups excluding carboxylic acids is 1. The van der Waals surface area contributed by atoms with Crippen LogP contribution in [0.25, 0.3) is 0 Å². The maximum absolute atomic E-state index is 13.4. The van der Waals surface area contributed by atoms with E-state index >= 15 is 0 Å². The van der Waals surface area contributed by atoms with Crippen LogP contribution in [0.3, 0.4) is 0 Å². The van der Waals surface area contributed by atoms with Gasteiger partial charge in [0.2, 0.25) is 5.60 Å². The van der Waals surface area contributed by atoms with Crippen molar-refractivity contribution in [2.75, 3.05) is 6.61 Å². The number of thiazole rings is 1. The first-order valence-electron chi connectivity index (χ1n) is 11.1. The molecule has 2 atom stereocenters. The number of benzene rings is 1. The van der Waals surface area contributed by atoms with Crippen LogP contribution < -0.4 is 5.32 Å². The Hall–Kier alpha value is -2.27. The van der Waals surface area contributed by atoms with Gasteiger partial charge in [-0.15, -0.1) is 11.3 Å². The number of carbonyl (C=O) groups is 1. The molecule has 1 aliphatic rings. The van der Waals surface area contributed by atoms with E-state index in [1.54, 1.807) is 11.3 Å². The third kappa shape index (κ3) is 6.86. The number of aromatic nitrogens is 1. The smallest absolute Gasteiger partial charge is 0.426 e. The van der Waals surface area contributed by atoms with Gasteiger partial charge in [-0.3, -0.25) is 4.79 Å². The van der Waals surface area contributed by atoms with Crippen LogP contribution in [0.1, 0.15) is 47.8 Å². The topological polar surface area (TPSA) is 113 Å². The van der Waals surface area contributed by atoms with Gasteiger partial charge in [-0.2, -0.15) is 0 Å². The van der Waals surface area contributed by atoms with Crippen molar-refractivity contribution in [1.82, 2.24) is 10.3 Å². The number of ether oxygens (including phenoxy) is 1. The molecule has 1 aromatic heterocycles. The minimum absolute atomic E-state index is 0.172. The van der Waals surface area contributed by atoms with Crippen molar-refractivity contribution >= 4 is 30.1 Å². The van der Waals surface area contributed by atoms with Crippen molar-refractivity contribution in [3.8, 4) is 0 Å². The van der Waals surface area contributed by atoms with Crippen molar-refractivity contribution in [2.24, 2.45) is 11.1 Å². The van der Waals surface area contributed by atoms with E-state index in [2.05, 4.69) is 15.5 Å². The molecule has 1 amide bonds. The first-order valence-corrected chi connectivity index (χ1v) is 12.0. The van der Waals surface area contributed by atoms with Crippen LogP contribution in [0.4, 0.5) is 0 Å². The summed E-state index contributed by atoms with van der Waals surface area (Å²) in [4.78, 5) is 24.6. The van der Waals surface area contributed by atoms with E-state index in [1.807, 2.05) is 58.0 Å². The molecule has 0 saturated heterocycles. The summed E-state index contributed by atoms with van der Waals surface area (Å²) < 4.78 is 5.84. The van der Waals surface area contributed by atoms with Crippen molar-refractivity contribution in [2.45, 2.75) is 65.1 Å². The SMILES string of the molecule is Cc1nc(C)c(COCC2=NOC(Cc3ccccc3)(C(=O)N[C@@H](CC(C)C)B(O)O)C2)s1. The van der Waals surface area contributed by atoms with Gasteiger partial charge in [-0.25, -0.2) is 4.98 Å². The quantitative estimate of drug-likeness (QED) is 0.433. The molecular weight excluding hydrogens is 441 g/mol. The molecule has 0 fully saturated rings. The van der Waals surface area contributed by atoms with Crippen molar-refractivity contribution in [1.29, 1.82) is 0 Å². The van der Waals surface area contributed by atoms with Crippen LogP contribution in [0.15, 0.2) is 35.5 Å². The molecule has 0 radical (unpaired) electrons. The summed E-state index contributed by atoms with van der Waals surface area (Å²) >= 11 is 1.60. The Balaban J connectivity index is 1.69. The summed E-state index contributed by atoms with van der Waals surface area (Å²) in [5, 5.41) is 27.5. The van der Waals surface area contributed by atoms with Crippen LogP contribution >= 0.6 is 11.3 Å². The number of nitrogens with one attached hydrogen (secondary N) is 1. The highest BCUT2D eigenvalue weighted by Gasteiger charge is 2.48. The van der Waals surface area contributed by atoms with Crippen LogP contribution in [-0.4, -0.2) is 51.9 Å². The molecule has 2 heterocycles. The molecule has 1 unspecified atom stereocenters. The first kappa shape index (κ1) is 25.4. The van der Waals surface area contributed by atoms with Gasteiger partial charge in [-0.1, -0.05) is 49.3 Å². The summed E-state index contributed by atoms with van der Waals surface area (Å²) in [6.45, 7) is 8.48. The normalized spacial score (nSPS) is 18.7. The molecule has 0 aliphatic carbocycles. The Labute approximate surface area is 199 Å². The molecule has 10 heteroatoms. The summed E-state index contributed by atoms with van der Waals surface area (Å²) in [6.07, 6.45) is 0.982. The van der Waals surface area contributed by atoms with Gasteiger partial charge in [0, 0.05) is 12.8 Å². The molecule has 1 aromatic carbocycles. The van der Waals surface area contributed by atoms with E-state index in [1.165, 1.54) is 0 Å². The number of aryl methyl sites for hydroxylation is 2. The van der Waals surface area contributed by atoms with Gasteiger partial charge in [0.15, 0.2) is 0 Å². The number of hydrogen-bond donors (Lipinski definition) is 3. The highest BCUT2D eigenvalue weighted by molar-refractivity contribution is 7.11. The summed E-state index contributed by atoms with van der Waals surface area (Å²) in [7, 11) is -1.67. The Morgan fingerprint density at radius 2 is 2.00 bits per heavy atom. The predicted molar refractivity (Wildman–Crippen MR) is 129 cm³/mol. The van der Waals surface area contributed by atoms with Crippen molar-refractivity contribution in [3.05, 3.63) is 51.5 Å². The minimum Gasteiger partial charge on any atom is -0.426 e. The van der Waals surface area contributed by atoms with Crippen LogP contribution in [0.2, 0.25) is 0 Å². The van der Waals surface area contributed by atoms with E-state index in [0.29, 0.717) is 25.2 Å². The molecule has 2 aromatic rings. The van der Waals surface area contributed by atoms with Gasteiger partial charge in [-0.05, 0) is 31.7 Å². The first-order chi connectivity index (χ1) is 15.7. The molecule has 0 spiro atoms. The Morgan fingerprint density at radius 3 is 2.61 bits per heavy atom. The number of nitrogens with zero attached hydrogens (tertiary/aromatic N) is 2. The number of rotatable bonds is 11. The van der Waals surface area contributed by atoms with E-state index in [4.69, 9.17) is 9.57 Å². The van der Waals surface area contributed by atoms with E-state index < -0.39 is 24.6 Å². The maximum atomic E-state index is 13.4. The van der Waals surface area contributed by atoms with Gasteiger partial charge in [0.05, 0.1) is 40.4 Å². The predicted octanol–water partition coefficient (Wildman–Crippen LogP) is 2.58. The minimum atomic E-state index is -1.67. The average Bonchev–Trinajstić information content (AvgIpc) is 3.31. The lowest BCUT2D eigenvalue weighted by molar-refractivity contribution is -0.144. The Kier molecular flexibility index (Phi) is 8.64. The summed E-state index contributed by atoms with van der Waals surface area (Å²) in [5.41, 5.74) is 1.23. The summed E-state index contributed by atoms with van der Waals surface area (Å²) in [5.74, 6) is -1.05. The Morgan fingerprint density at radius 1 is 1.27 bits per heavy atom. The van der Waals surface area contributed by atoms with Crippen molar-refractivity contribution < 1.29 is 24.4 Å². The van der Waals surface area contributed by atoms with E-state index in [-0.39, 0.29) is 18.9 Å². The maximum Gasteiger partial charge on any atom is 0.475 e. The highest BCUT2D eigenvalue weighted by Crippen LogP contribution is 2.30. The molecule has 178 valence electrons. The van der Waals surface area contributed by atoms with E-state index in [9.17, 15) is 14.8 Å². The molecular formula is C23H32BN3O5S. The average molecular weight is 473 g/mol. The largest absolute Gasteiger partial charge is 0.475 e. The van der Waals surface area contributed by atoms with Gasteiger partial charge >= 0.3 is 7.12 Å². The lowest BCUT2D eigenvalue weighted by atomic mass is 9.74. The molecule has 8 nitrogen and oxygen atoms in total. The fraction of sp³-hybridized carbons (Fsp3) is 0.522. The zero-order valence-corrected chi connectivity index (χ0v) is 20.4. The fourth-order valence-corrected chi connectivity index (χ4v) is 4.75. The number of hydrogen-bond acceptors (Lipinski definition) is 8. The van der Waals surface area contributed by atoms with E-state index in [0.717, 1.165) is 21.1 Å². The molecule has 0 saturated carbocycles. The molecule has 3 N–H and O–H groups in total. The molecule has 3 rings (SSSR count). The van der Waals surface area contributed by atoms with Gasteiger partial charge < -0.3 is 24.9 Å². The zero-order valence-electron chi connectivity index (χ0n) is 19.6. The Bertz CT molecular complexity index is 966. The van der Waals surface area contributed by atoms with Crippen LogP contribution in [0.5, 0.6) is 0 Å². The van der Waals surface area contributed by atoms with Gasteiger partial charge in [0.1, 0.15) is 0 Å². The number of oxime groups is 1. The van der Waals surface area contributed by atoms with Crippen molar-refractivity contribution in [3.63, 3.8) is 0 Å². The fourth-order valence-electron chi connectivity index (χ4n) is 3.88. The monoisotopic (exact) mass is 473 g/mol. The lowest BCUT2D eigenvalue weighted by Gasteiger charge is -2.29. The third-order valence-electron chi connectivity index (χ3n) is 5.49.